The fourth-order valence-electron chi connectivity index (χ4n) is 3.80. The Morgan fingerprint density at radius 1 is 1.11 bits per heavy atom. The van der Waals surface area contributed by atoms with E-state index in [1.807, 2.05) is 43.3 Å². The molecular weight excluding hydrogens is 533 g/mol. The highest BCUT2D eigenvalue weighted by atomic mass is 32.2. The van der Waals surface area contributed by atoms with Gasteiger partial charge in [0.15, 0.2) is 11.6 Å². The molecule has 1 aliphatic heterocycles. The molecule has 0 bridgehead atoms. The van der Waals surface area contributed by atoms with Crippen LogP contribution in [-0.4, -0.2) is 50.1 Å². The summed E-state index contributed by atoms with van der Waals surface area (Å²) in [6.07, 6.45) is 6.42. The van der Waals surface area contributed by atoms with Crippen LogP contribution in [0.2, 0.25) is 0 Å². The van der Waals surface area contributed by atoms with Gasteiger partial charge in [0.25, 0.3) is 10.2 Å². The van der Waals surface area contributed by atoms with E-state index in [4.69, 9.17) is 9.88 Å². The lowest BCUT2D eigenvalue weighted by molar-refractivity contribution is 0.315. The van der Waals surface area contributed by atoms with Crippen LogP contribution in [0.15, 0.2) is 64.9 Å². The predicted molar refractivity (Wildman–Crippen MR) is 141 cm³/mol. The number of rotatable bonds is 8. The molecule has 1 saturated heterocycles. The Kier molecular flexibility index (Phi) is 7.62. The van der Waals surface area contributed by atoms with Crippen LogP contribution >= 0.6 is 23.3 Å². The third-order valence-electron chi connectivity index (χ3n) is 5.71. The summed E-state index contributed by atoms with van der Waals surface area (Å²) < 4.78 is 35.2. The van der Waals surface area contributed by atoms with Crippen molar-refractivity contribution in [1.82, 2.24) is 28.6 Å². The number of hydrogen-bond donors (Lipinski definition) is 2. The first-order valence-electron chi connectivity index (χ1n) is 11.4. The number of ether oxygens (including phenoxy) is 1. The monoisotopic (exact) mass is 556 g/mol. The molecule has 192 valence electrons. The third kappa shape index (κ3) is 6.40. The Morgan fingerprint density at radius 2 is 1.92 bits per heavy atom. The van der Waals surface area contributed by atoms with Crippen LogP contribution in [0.5, 0.6) is 11.5 Å². The maximum Gasteiger partial charge on any atom is 0.276 e. The van der Waals surface area contributed by atoms with E-state index in [1.165, 1.54) is 27.6 Å². The highest BCUT2D eigenvalue weighted by Gasteiger charge is 2.28. The van der Waals surface area contributed by atoms with Gasteiger partial charge in [-0.2, -0.15) is 17.1 Å². The number of nitrogens with zero attached hydrogens (tertiary/aromatic N) is 6. The minimum Gasteiger partial charge on any atom is -0.452 e. The van der Waals surface area contributed by atoms with Gasteiger partial charge >= 0.3 is 0 Å². The lowest BCUT2D eigenvalue weighted by atomic mass is 9.98. The van der Waals surface area contributed by atoms with Gasteiger partial charge in [0, 0.05) is 60.1 Å². The lowest BCUT2D eigenvalue weighted by Gasteiger charge is -2.28. The van der Waals surface area contributed by atoms with Crippen LogP contribution in [-0.2, 0) is 10.2 Å². The minimum absolute atomic E-state index is 0.0590. The first-order valence-corrected chi connectivity index (χ1v) is 14.5. The Morgan fingerprint density at radius 3 is 2.65 bits per heavy atom. The first-order chi connectivity index (χ1) is 17.8. The Hall–Kier alpha value is -3.17. The summed E-state index contributed by atoms with van der Waals surface area (Å²) in [6, 6.07) is 11.3. The molecule has 14 heteroatoms. The summed E-state index contributed by atoms with van der Waals surface area (Å²) in [4.78, 5) is 18.8. The molecule has 4 aromatic rings. The van der Waals surface area contributed by atoms with Gasteiger partial charge in [-0.25, -0.2) is 20.1 Å². The number of piperidine rings is 1. The molecule has 0 aromatic carbocycles. The normalized spacial score (nSPS) is 15.0. The summed E-state index contributed by atoms with van der Waals surface area (Å²) >= 11 is 2.70. The van der Waals surface area contributed by atoms with Crippen molar-refractivity contribution in [2.45, 2.75) is 35.6 Å². The van der Waals surface area contributed by atoms with Crippen LogP contribution in [0.25, 0.3) is 0 Å². The molecule has 0 atom stereocenters. The van der Waals surface area contributed by atoms with Gasteiger partial charge < -0.3 is 10.1 Å². The highest BCUT2D eigenvalue weighted by molar-refractivity contribution is 7.99. The van der Waals surface area contributed by atoms with Crippen molar-refractivity contribution < 1.29 is 13.2 Å². The Balaban J connectivity index is 1.36. The van der Waals surface area contributed by atoms with E-state index in [0.717, 1.165) is 15.6 Å². The molecule has 0 amide bonds. The van der Waals surface area contributed by atoms with Gasteiger partial charge in [-0.1, -0.05) is 17.8 Å². The van der Waals surface area contributed by atoms with Crippen molar-refractivity contribution in [2.24, 2.45) is 5.14 Å². The highest BCUT2D eigenvalue weighted by Crippen LogP contribution is 2.37. The van der Waals surface area contributed by atoms with Gasteiger partial charge in [-0.3, -0.25) is 4.98 Å². The quantitative estimate of drug-likeness (QED) is 0.325. The van der Waals surface area contributed by atoms with Gasteiger partial charge in [0.2, 0.25) is 5.13 Å². The fourth-order valence-corrected chi connectivity index (χ4v) is 5.94. The Bertz CT molecular complexity index is 1480. The molecule has 0 spiro atoms. The summed E-state index contributed by atoms with van der Waals surface area (Å²) in [7, 11) is -3.67. The lowest BCUT2D eigenvalue weighted by Crippen LogP contribution is -2.41. The van der Waals surface area contributed by atoms with Crippen molar-refractivity contribution >= 4 is 44.5 Å². The second-order valence-electron chi connectivity index (χ2n) is 8.28. The van der Waals surface area contributed by atoms with Crippen molar-refractivity contribution in [3.05, 3.63) is 66.5 Å². The van der Waals surface area contributed by atoms with Crippen LogP contribution in [0.4, 0.5) is 10.9 Å². The van der Waals surface area contributed by atoms with E-state index >= 15 is 0 Å². The van der Waals surface area contributed by atoms with Crippen molar-refractivity contribution in [3.63, 3.8) is 0 Å². The number of aryl methyl sites for hydroxylation is 1. The van der Waals surface area contributed by atoms with Crippen molar-refractivity contribution in [1.29, 1.82) is 0 Å². The SMILES string of the molecule is Cc1ncccc1Oc1cc(Sc2ccccn2)cnc1Nc1nc(C2CCN(S(N)(=O)=O)CC2)ns1. The van der Waals surface area contributed by atoms with Gasteiger partial charge in [0.1, 0.15) is 16.6 Å². The van der Waals surface area contributed by atoms with E-state index in [2.05, 4.69) is 29.6 Å². The van der Waals surface area contributed by atoms with Crippen molar-refractivity contribution in [2.75, 3.05) is 18.4 Å². The molecule has 11 nitrogen and oxygen atoms in total. The number of pyridine rings is 3. The number of aromatic nitrogens is 5. The topological polar surface area (TPSA) is 149 Å². The summed E-state index contributed by atoms with van der Waals surface area (Å²) in [5, 5.41) is 9.89. The van der Waals surface area contributed by atoms with E-state index in [0.29, 0.717) is 54.2 Å². The zero-order chi connectivity index (χ0) is 25.8. The van der Waals surface area contributed by atoms with Gasteiger partial charge in [-0.05, 0) is 44.0 Å². The number of nitrogens with one attached hydrogen (secondary N) is 1. The molecule has 4 aromatic heterocycles. The number of nitrogens with two attached hydrogens (primary N) is 1. The molecule has 0 aliphatic carbocycles. The molecule has 0 radical (unpaired) electrons. The molecule has 5 heterocycles. The second kappa shape index (κ2) is 11.1. The smallest absolute Gasteiger partial charge is 0.276 e. The average Bonchev–Trinajstić information content (AvgIpc) is 3.36. The summed E-state index contributed by atoms with van der Waals surface area (Å²) in [6.45, 7) is 2.58. The number of anilines is 2. The molecule has 5 rings (SSSR count). The van der Waals surface area contributed by atoms with Crippen LogP contribution in [0.3, 0.4) is 0 Å². The maximum atomic E-state index is 11.6. The zero-order valence-electron chi connectivity index (χ0n) is 19.8. The fraction of sp³-hybridized carbons (Fsp3) is 0.261. The molecular formula is C23H24N8O3S3. The van der Waals surface area contributed by atoms with Crippen LogP contribution < -0.4 is 15.2 Å². The largest absolute Gasteiger partial charge is 0.452 e. The van der Waals surface area contributed by atoms with E-state index < -0.39 is 10.2 Å². The van der Waals surface area contributed by atoms with E-state index in [9.17, 15) is 8.42 Å². The molecule has 3 N–H and O–H groups in total. The third-order valence-corrected chi connectivity index (χ3v) is 8.35. The molecule has 37 heavy (non-hydrogen) atoms. The standard InChI is InChI=1S/C23H24N8O3S3/c1-15-18(5-4-10-25-15)34-19-13-17(35-20-6-2-3-9-26-20)14-27-22(19)29-23-28-21(30-36-23)16-7-11-31(12-8-16)37(24,32)33/h2-6,9-10,13-14,16H,7-8,11-12H2,1H3,(H2,24,32,33)(H,27,28,29,30). The van der Waals surface area contributed by atoms with Gasteiger partial charge in [-0.15, -0.1) is 0 Å². The maximum absolute atomic E-state index is 11.6. The molecule has 0 saturated carbocycles. The molecule has 1 aliphatic rings. The molecule has 1 fully saturated rings. The summed E-state index contributed by atoms with van der Waals surface area (Å²) in [5.41, 5.74) is 0.750. The Labute approximate surface area is 222 Å². The van der Waals surface area contributed by atoms with Gasteiger partial charge in [0.05, 0.1) is 5.69 Å². The zero-order valence-corrected chi connectivity index (χ0v) is 22.3. The van der Waals surface area contributed by atoms with Crippen LogP contribution in [0, 0.1) is 6.92 Å². The second-order valence-corrected chi connectivity index (χ2v) is 11.7. The molecule has 0 unspecified atom stereocenters. The average molecular weight is 557 g/mol. The first kappa shape index (κ1) is 25.5. The predicted octanol–water partition coefficient (Wildman–Crippen LogP) is 4.10. The van der Waals surface area contributed by atoms with Crippen LogP contribution in [0.1, 0.15) is 30.3 Å². The van der Waals surface area contributed by atoms with E-state index in [-0.39, 0.29) is 5.92 Å². The number of hydrogen-bond acceptors (Lipinski definition) is 11. The van der Waals surface area contributed by atoms with E-state index in [1.54, 1.807) is 18.6 Å². The summed E-state index contributed by atoms with van der Waals surface area (Å²) in [5.74, 6) is 2.35. The minimum atomic E-state index is -3.67. The van der Waals surface area contributed by atoms with Crippen molar-refractivity contribution in [3.8, 4) is 11.5 Å².